The summed E-state index contributed by atoms with van der Waals surface area (Å²) in [6.45, 7) is 4.42. The Morgan fingerprint density at radius 1 is 1.24 bits per heavy atom. The van der Waals surface area contributed by atoms with Crippen LogP contribution in [0.2, 0.25) is 0 Å². The van der Waals surface area contributed by atoms with Gasteiger partial charge in [-0.15, -0.1) is 0 Å². The standard InChI is InChI=1S/C15H21BrO/c1-3-5-6-9-12(4-2)13-10-7-8-11-14(13)15(16)17/h7-8,10-12H,3-6,9H2,1-2H3. The molecule has 0 aromatic heterocycles. The van der Waals surface area contributed by atoms with Crippen molar-refractivity contribution in [1.82, 2.24) is 0 Å². The maximum absolute atomic E-state index is 11.5. The highest BCUT2D eigenvalue weighted by molar-refractivity contribution is 9.18. The molecule has 0 amide bonds. The van der Waals surface area contributed by atoms with E-state index in [1.807, 2.05) is 18.2 Å². The van der Waals surface area contributed by atoms with Gasteiger partial charge in [0, 0.05) is 5.56 Å². The fraction of sp³-hybridized carbons (Fsp3) is 0.533. The highest BCUT2D eigenvalue weighted by Gasteiger charge is 2.15. The van der Waals surface area contributed by atoms with E-state index in [1.165, 1.54) is 31.2 Å². The van der Waals surface area contributed by atoms with Gasteiger partial charge in [-0.2, -0.15) is 0 Å². The van der Waals surface area contributed by atoms with Crippen LogP contribution in [0.15, 0.2) is 24.3 Å². The lowest BCUT2D eigenvalue weighted by Gasteiger charge is -2.17. The molecule has 0 saturated heterocycles. The fourth-order valence-corrected chi connectivity index (χ4v) is 2.61. The third-order valence-corrected chi connectivity index (χ3v) is 3.69. The zero-order chi connectivity index (χ0) is 12.7. The Bertz CT molecular complexity index is 360. The zero-order valence-electron chi connectivity index (χ0n) is 10.7. The van der Waals surface area contributed by atoms with Crippen LogP contribution in [0.1, 0.15) is 67.8 Å². The smallest absolute Gasteiger partial charge is 0.228 e. The molecule has 17 heavy (non-hydrogen) atoms. The van der Waals surface area contributed by atoms with Crippen LogP contribution in [0.5, 0.6) is 0 Å². The molecule has 0 spiro atoms. The summed E-state index contributed by atoms with van der Waals surface area (Å²) in [7, 11) is 0. The predicted octanol–water partition coefficient (Wildman–Crippen LogP) is 5.30. The molecule has 1 atom stereocenters. The Balaban J connectivity index is 2.83. The van der Waals surface area contributed by atoms with Crippen LogP contribution >= 0.6 is 15.9 Å². The van der Waals surface area contributed by atoms with Crippen molar-refractivity contribution in [3.8, 4) is 0 Å². The summed E-state index contributed by atoms with van der Waals surface area (Å²) in [5.74, 6) is 0.513. The molecule has 0 radical (unpaired) electrons. The monoisotopic (exact) mass is 296 g/mol. The molecule has 1 rings (SSSR count). The normalized spacial score (nSPS) is 12.4. The molecular formula is C15H21BrO. The molecule has 1 unspecified atom stereocenters. The average Bonchev–Trinajstić information content (AvgIpc) is 2.35. The number of hydrogen-bond donors (Lipinski definition) is 0. The Labute approximate surface area is 113 Å². The average molecular weight is 297 g/mol. The molecule has 94 valence electrons. The van der Waals surface area contributed by atoms with Crippen LogP contribution in [0.3, 0.4) is 0 Å². The van der Waals surface area contributed by atoms with Crippen LogP contribution < -0.4 is 0 Å². The lowest BCUT2D eigenvalue weighted by molar-refractivity contribution is 0.109. The van der Waals surface area contributed by atoms with Crippen molar-refractivity contribution in [3.63, 3.8) is 0 Å². The van der Waals surface area contributed by atoms with Crippen LogP contribution in [0.4, 0.5) is 0 Å². The van der Waals surface area contributed by atoms with Gasteiger partial charge in [0.25, 0.3) is 0 Å². The number of carbonyl (C=O) groups excluding carboxylic acids is 1. The fourth-order valence-electron chi connectivity index (χ4n) is 2.25. The second-order valence-electron chi connectivity index (χ2n) is 4.46. The first kappa shape index (κ1) is 14.4. The largest absolute Gasteiger partial charge is 0.281 e. The second-order valence-corrected chi connectivity index (χ2v) is 5.18. The van der Waals surface area contributed by atoms with Gasteiger partial charge in [-0.05, 0) is 40.3 Å². The molecular weight excluding hydrogens is 276 g/mol. The van der Waals surface area contributed by atoms with Gasteiger partial charge in [0.1, 0.15) is 0 Å². The van der Waals surface area contributed by atoms with Crippen molar-refractivity contribution in [2.24, 2.45) is 0 Å². The molecule has 0 saturated carbocycles. The number of hydrogen-bond acceptors (Lipinski definition) is 1. The number of rotatable bonds is 7. The summed E-state index contributed by atoms with van der Waals surface area (Å²) in [6.07, 6.45) is 6.05. The van der Waals surface area contributed by atoms with Crippen LogP contribution in [-0.2, 0) is 0 Å². The van der Waals surface area contributed by atoms with Crippen molar-refractivity contribution in [1.29, 1.82) is 0 Å². The minimum Gasteiger partial charge on any atom is -0.281 e. The highest BCUT2D eigenvalue weighted by Crippen LogP contribution is 2.29. The number of halogens is 1. The number of carbonyl (C=O) groups is 1. The van der Waals surface area contributed by atoms with Gasteiger partial charge in [-0.25, -0.2) is 0 Å². The Morgan fingerprint density at radius 2 is 1.94 bits per heavy atom. The van der Waals surface area contributed by atoms with E-state index in [0.29, 0.717) is 5.92 Å². The van der Waals surface area contributed by atoms with Crippen molar-refractivity contribution < 1.29 is 4.79 Å². The van der Waals surface area contributed by atoms with E-state index in [1.54, 1.807) is 0 Å². The summed E-state index contributed by atoms with van der Waals surface area (Å²) >= 11 is 3.07. The maximum atomic E-state index is 11.5. The van der Waals surface area contributed by atoms with E-state index in [0.717, 1.165) is 12.0 Å². The molecule has 0 fully saturated rings. The third-order valence-electron chi connectivity index (χ3n) is 3.26. The first-order valence-electron chi connectivity index (χ1n) is 6.49. The highest BCUT2D eigenvalue weighted by atomic mass is 79.9. The van der Waals surface area contributed by atoms with Gasteiger partial charge in [-0.3, -0.25) is 4.79 Å². The van der Waals surface area contributed by atoms with Crippen LogP contribution in [0, 0.1) is 0 Å². The number of unbranched alkanes of at least 4 members (excludes halogenated alkanes) is 2. The zero-order valence-corrected chi connectivity index (χ0v) is 12.3. The number of benzene rings is 1. The van der Waals surface area contributed by atoms with Gasteiger partial charge in [0.15, 0.2) is 0 Å². The van der Waals surface area contributed by atoms with Crippen molar-refractivity contribution in [2.75, 3.05) is 0 Å². The molecule has 0 bridgehead atoms. The lowest BCUT2D eigenvalue weighted by atomic mass is 9.88. The second kappa shape index (κ2) is 7.65. The molecule has 0 aliphatic rings. The van der Waals surface area contributed by atoms with Gasteiger partial charge in [0.05, 0.1) is 0 Å². The van der Waals surface area contributed by atoms with Crippen molar-refractivity contribution >= 4 is 20.6 Å². The molecule has 0 heterocycles. The van der Waals surface area contributed by atoms with E-state index >= 15 is 0 Å². The van der Waals surface area contributed by atoms with Crippen LogP contribution in [-0.4, -0.2) is 4.69 Å². The molecule has 1 aromatic carbocycles. The summed E-state index contributed by atoms with van der Waals surface area (Å²) in [5.41, 5.74) is 2.03. The maximum Gasteiger partial charge on any atom is 0.228 e. The summed E-state index contributed by atoms with van der Waals surface area (Å²) in [4.78, 5) is 11.5. The van der Waals surface area contributed by atoms with Gasteiger partial charge in [-0.1, -0.05) is 57.4 Å². The van der Waals surface area contributed by atoms with E-state index in [2.05, 4.69) is 35.8 Å². The minimum atomic E-state index is 0.00189. The van der Waals surface area contributed by atoms with Gasteiger partial charge >= 0.3 is 0 Å². The Morgan fingerprint density at radius 3 is 2.53 bits per heavy atom. The van der Waals surface area contributed by atoms with E-state index in [-0.39, 0.29) is 4.69 Å². The molecule has 1 nitrogen and oxygen atoms in total. The van der Waals surface area contributed by atoms with E-state index in [4.69, 9.17) is 0 Å². The molecule has 0 N–H and O–H groups in total. The summed E-state index contributed by atoms with van der Waals surface area (Å²) < 4.78 is 0.00189. The Hall–Kier alpha value is -0.630. The van der Waals surface area contributed by atoms with Crippen molar-refractivity contribution in [3.05, 3.63) is 35.4 Å². The SMILES string of the molecule is CCCCCC(CC)c1ccccc1C(=O)Br. The van der Waals surface area contributed by atoms with Gasteiger partial charge < -0.3 is 0 Å². The molecule has 2 heteroatoms. The predicted molar refractivity (Wildman–Crippen MR) is 76.9 cm³/mol. The van der Waals surface area contributed by atoms with E-state index < -0.39 is 0 Å². The summed E-state index contributed by atoms with van der Waals surface area (Å²) in [6, 6.07) is 7.96. The molecule has 0 aliphatic carbocycles. The van der Waals surface area contributed by atoms with Crippen LogP contribution in [0.25, 0.3) is 0 Å². The minimum absolute atomic E-state index is 0.00189. The Kier molecular flexibility index (Phi) is 6.49. The summed E-state index contributed by atoms with van der Waals surface area (Å²) in [5, 5.41) is 0. The molecule has 0 aliphatic heterocycles. The quantitative estimate of drug-likeness (QED) is 0.493. The van der Waals surface area contributed by atoms with Gasteiger partial charge in [0.2, 0.25) is 4.69 Å². The topological polar surface area (TPSA) is 17.1 Å². The lowest BCUT2D eigenvalue weighted by Crippen LogP contribution is -2.04. The van der Waals surface area contributed by atoms with Crippen molar-refractivity contribution in [2.45, 2.75) is 51.9 Å². The first-order valence-corrected chi connectivity index (χ1v) is 7.28. The first-order chi connectivity index (χ1) is 8.20. The molecule has 1 aromatic rings. The van der Waals surface area contributed by atoms with E-state index in [9.17, 15) is 4.79 Å². The third kappa shape index (κ3) is 4.27.